The molecule has 63 heavy (non-hydrogen) atoms. The Bertz CT molecular complexity index is 3450. The van der Waals surface area contributed by atoms with Gasteiger partial charge in [-0.1, -0.05) is 165 Å². The van der Waals surface area contributed by atoms with Gasteiger partial charge in [-0.25, -0.2) is 4.98 Å². The summed E-state index contributed by atoms with van der Waals surface area (Å²) in [4.78, 5) is 10.7. The number of hydrogen-bond donors (Lipinski definition) is 1. The third kappa shape index (κ3) is 6.77. The van der Waals surface area contributed by atoms with Gasteiger partial charge in [0, 0.05) is 60.4 Å². The Kier molecular flexibility index (Phi) is 10.2. The summed E-state index contributed by atoms with van der Waals surface area (Å²) in [6.45, 7) is 4.57. The number of imidazole rings is 1. The monoisotopic (exact) mass is 992 g/mol. The van der Waals surface area contributed by atoms with Crippen molar-refractivity contribution >= 4 is 32.8 Å². The minimum Gasteiger partial charge on any atom is -0.507 e. The molecule has 5 nitrogen and oxygen atoms in total. The fourth-order valence-corrected chi connectivity index (χ4v) is 9.13. The van der Waals surface area contributed by atoms with Crippen molar-refractivity contribution in [1.29, 1.82) is 0 Å². The number of para-hydroxylation sites is 5. The number of phenolic OH excluding ortho intramolecular Hbond substituents is 1. The molecule has 306 valence electrons. The first-order chi connectivity index (χ1) is 30.5. The first-order valence-corrected chi connectivity index (χ1v) is 21.0. The molecule has 0 amide bonds. The SMILES string of the molecule is CC(C)(c1ccccc1)c1cc(-c2cccc3c2nc(-c2ccccc2O)n3-c2ccccc2-c2ccccc2)[c-]c(-c2nccc3c2c2ccccc2n3-c2ccccc2)c1.[Pt]. The van der Waals surface area contributed by atoms with Gasteiger partial charge < -0.3 is 9.67 Å². The number of phenols is 1. The largest absolute Gasteiger partial charge is 0.507 e. The Labute approximate surface area is 380 Å². The number of pyridine rings is 1. The zero-order valence-electron chi connectivity index (χ0n) is 34.7. The molecule has 0 aliphatic rings. The predicted octanol–water partition coefficient (Wildman–Crippen LogP) is 14.0. The van der Waals surface area contributed by atoms with Crippen LogP contribution in [0.25, 0.3) is 89.1 Å². The average Bonchev–Trinajstić information content (AvgIpc) is 3.89. The van der Waals surface area contributed by atoms with Gasteiger partial charge in [-0.15, -0.1) is 29.3 Å². The van der Waals surface area contributed by atoms with Crippen LogP contribution < -0.4 is 0 Å². The number of aromatic hydroxyl groups is 1. The van der Waals surface area contributed by atoms with Crippen molar-refractivity contribution in [1.82, 2.24) is 19.1 Å². The Hall–Kier alpha value is -7.33. The van der Waals surface area contributed by atoms with Crippen LogP contribution in [0.5, 0.6) is 5.75 Å². The zero-order valence-corrected chi connectivity index (χ0v) is 37.0. The second-order valence-corrected chi connectivity index (χ2v) is 16.3. The van der Waals surface area contributed by atoms with E-state index in [1.54, 1.807) is 6.07 Å². The maximum absolute atomic E-state index is 11.4. The van der Waals surface area contributed by atoms with Gasteiger partial charge in [0.2, 0.25) is 0 Å². The van der Waals surface area contributed by atoms with Crippen LogP contribution in [0.1, 0.15) is 25.0 Å². The van der Waals surface area contributed by atoms with Crippen molar-refractivity contribution in [3.05, 3.63) is 224 Å². The predicted molar refractivity (Wildman–Crippen MR) is 254 cm³/mol. The van der Waals surface area contributed by atoms with Gasteiger partial charge >= 0.3 is 0 Å². The van der Waals surface area contributed by atoms with Crippen LogP contribution in [0.2, 0.25) is 0 Å². The second-order valence-electron chi connectivity index (χ2n) is 16.3. The van der Waals surface area contributed by atoms with Gasteiger partial charge in [0.25, 0.3) is 0 Å². The summed E-state index contributed by atoms with van der Waals surface area (Å²) < 4.78 is 4.52. The van der Waals surface area contributed by atoms with Gasteiger partial charge in [0.05, 0.1) is 33.3 Å². The van der Waals surface area contributed by atoms with E-state index in [0.717, 1.165) is 83.3 Å². The molecule has 8 aromatic carbocycles. The van der Waals surface area contributed by atoms with E-state index in [0.29, 0.717) is 11.4 Å². The molecule has 0 saturated carbocycles. The van der Waals surface area contributed by atoms with Crippen LogP contribution in [0.4, 0.5) is 0 Å². The van der Waals surface area contributed by atoms with Crippen molar-refractivity contribution in [2.24, 2.45) is 0 Å². The maximum atomic E-state index is 11.4. The fourth-order valence-electron chi connectivity index (χ4n) is 9.13. The van der Waals surface area contributed by atoms with E-state index in [-0.39, 0.29) is 32.2 Å². The Morgan fingerprint density at radius 1 is 0.524 bits per heavy atom. The summed E-state index contributed by atoms with van der Waals surface area (Å²) in [5.74, 6) is 0.812. The summed E-state index contributed by atoms with van der Waals surface area (Å²) in [5.41, 5.74) is 14.3. The van der Waals surface area contributed by atoms with E-state index < -0.39 is 0 Å². The number of aromatic nitrogens is 4. The van der Waals surface area contributed by atoms with Gasteiger partial charge in [-0.3, -0.25) is 9.55 Å². The van der Waals surface area contributed by atoms with Crippen molar-refractivity contribution in [2.45, 2.75) is 19.3 Å². The number of hydrogen-bond acceptors (Lipinski definition) is 3. The Morgan fingerprint density at radius 3 is 1.92 bits per heavy atom. The third-order valence-corrected chi connectivity index (χ3v) is 12.3. The van der Waals surface area contributed by atoms with Crippen LogP contribution in [0.3, 0.4) is 0 Å². The average molecular weight is 993 g/mol. The van der Waals surface area contributed by atoms with Gasteiger partial charge in [0.15, 0.2) is 0 Å². The minimum absolute atomic E-state index is 0. The van der Waals surface area contributed by atoms with E-state index in [9.17, 15) is 5.11 Å². The molecule has 0 fully saturated rings. The first-order valence-electron chi connectivity index (χ1n) is 21.0. The molecule has 11 rings (SSSR count). The molecule has 0 atom stereocenters. The topological polar surface area (TPSA) is 55.9 Å². The molecule has 11 aromatic rings. The Morgan fingerprint density at radius 2 is 1.14 bits per heavy atom. The summed E-state index contributed by atoms with van der Waals surface area (Å²) >= 11 is 0. The van der Waals surface area contributed by atoms with Gasteiger partial charge in [0.1, 0.15) is 11.6 Å². The molecule has 3 heterocycles. The smallest absolute Gasteiger partial charge is 0.148 e. The summed E-state index contributed by atoms with van der Waals surface area (Å²) in [7, 11) is 0. The molecule has 0 spiro atoms. The molecule has 0 unspecified atom stereocenters. The van der Waals surface area contributed by atoms with Crippen LogP contribution in [-0.2, 0) is 26.5 Å². The molecule has 0 bridgehead atoms. The van der Waals surface area contributed by atoms with E-state index in [4.69, 9.17) is 9.97 Å². The number of nitrogens with zero attached hydrogens (tertiary/aromatic N) is 4. The molecule has 0 radical (unpaired) electrons. The van der Waals surface area contributed by atoms with Crippen LogP contribution in [0, 0.1) is 6.07 Å². The number of rotatable bonds is 8. The standard InChI is InChI=1S/C57H41N4O.Pt/c1-57(2,41-21-8-4-9-22-41)42-36-39(35-40(37-42)54-53-46-26-13-16-30-49(46)60(50(53)33-34-58-54)43-23-10-5-11-24-43)45-28-18-31-51-55(45)59-56(47-27-14-17-32-52(47)62)61(51)48-29-15-12-25-44(48)38-19-6-3-7-20-38;/h3-34,36-37,62H,1-2H3;/q-1;. The molecule has 0 aliphatic heterocycles. The Balaban J connectivity index is 0.00000471. The maximum Gasteiger partial charge on any atom is 0.148 e. The molecule has 0 saturated heterocycles. The molecule has 3 aromatic heterocycles. The van der Waals surface area contributed by atoms with Crippen LogP contribution in [-0.4, -0.2) is 24.2 Å². The first kappa shape index (κ1) is 39.8. The van der Waals surface area contributed by atoms with Crippen molar-refractivity contribution in [3.8, 4) is 62.0 Å². The van der Waals surface area contributed by atoms with Gasteiger partial charge in [-0.2, -0.15) is 0 Å². The molecular formula is C57H41N4OPt-. The fraction of sp³-hybridized carbons (Fsp3) is 0.0526. The minimum atomic E-state index is -0.380. The number of benzene rings is 8. The van der Waals surface area contributed by atoms with E-state index >= 15 is 0 Å². The summed E-state index contributed by atoms with van der Waals surface area (Å²) in [5, 5.41) is 13.6. The third-order valence-electron chi connectivity index (χ3n) is 12.3. The van der Waals surface area contributed by atoms with Crippen molar-refractivity contribution < 1.29 is 26.2 Å². The molecular weight excluding hydrogens is 952 g/mol. The van der Waals surface area contributed by atoms with Crippen molar-refractivity contribution in [3.63, 3.8) is 0 Å². The zero-order chi connectivity index (χ0) is 41.8. The summed E-state index contributed by atoms with van der Waals surface area (Å²) in [6.07, 6.45) is 1.92. The summed E-state index contributed by atoms with van der Waals surface area (Å²) in [6, 6.07) is 73.0. The molecule has 0 aliphatic carbocycles. The van der Waals surface area contributed by atoms with E-state index in [1.165, 1.54) is 5.56 Å². The van der Waals surface area contributed by atoms with Crippen molar-refractivity contribution in [2.75, 3.05) is 0 Å². The van der Waals surface area contributed by atoms with Gasteiger partial charge in [-0.05, 0) is 59.7 Å². The van der Waals surface area contributed by atoms with E-state index in [1.807, 2.05) is 30.5 Å². The van der Waals surface area contributed by atoms with Crippen LogP contribution in [0.15, 0.2) is 206 Å². The normalized spacial score (nSPS) is 11.6. The van der Waals surface area contributed by atoms with Crippen LogP contribution >= 0.6 is 0 Å². The second kappa shape index (κ2) is 16.2. The van der Waals surface area contributed by atoms with E-state index in [2.05, 4.69) is 199 Å². The quantitative estimate of drug-likeness (QED) is 0.154. The number of fused-ring (bicyclic) bond motifs is 4. The molecule has 1 N–H and O–H groups in total. The molecule has 6 heteroatoms.